The Kier molecular flexibility index (Phi) is 5.95. The minimum Gasteiger partial charge on any atom is -0.494 e. The quantitative estimate of drug-likeness (QED) is 0.738. The molecule has 0 saturated heterocycles. The number of allylic oxidation sites excluding steroid dienone is 2. The fraction of sp³-hybridized carbons (Fsp3) is 0.182. The van der Waals surface area contributed by atoms with Crippen molar-refractivity contribution in [1.29, 1.82) is 5.26 Å². The maximum atomic E-state index is 12.7. The number of hydrogen-bond donors (Lipinski definition) is 2. The van der Waals surface area contributed by atoms with E-state index < -0.39 is 5.56 Å². The van der Waals surface area contributed by atoms with Gasteiger partial charge in [0.05, 0.1) is 30.1 Å². The van der Waals surface area contributed by atoms with Gasteiger partial charge in [-0.15, -0.1) is 0 Å². The predicted molar refractivity (Wildman–Crippen MR) is 112 cm³/mol. The van der Waals surface area contributed by atoms with Gasteiger partial charge in [-0.3, -0.25) is 9.59 Å². The van der Waals surface area contributed by atoms with Crippen LogP contribution in [0.25, 0.3) is 11.8 Å². The highest BCUT2D eigenvalue weighted by atomic mass is 16.3. The molecule has 0 spiro atoms. The maximum absolute atomic E-state index is 12.7. The number of carbonyl (C=O) groups excluding carboxylic acids is 1. The number of aliphatic hydroxyl groups excluding tert-OH is 1. The summed E-state index contributed by atoms with van der Waals surface area (Å²) in [5, 5.41) is 34.5. The zero-order chi connectivity index (χ0) is 21.8. The number of β-amino-alcohol motifs (C(OH)–C–C–N with tert-alkyl or cyclic N) is 1. The van der Waals surface area contributed by atoms with E-state index in [1.165, 1.54) is 11.1 Å². The highest BCUT2D eigenvalue weighted by Crippen LogP contribution is 2.26. The lowest BCUT2D eigenvalue weighted by atomic mass is 10.0. The van der Waals surface area contributed by atoms with Gasteiger partial charge in [-0.05, 0) is 43.7 Å². The van der Waals surface area contributed by atoms with Crippen LogP contribution in [0.15, 0.2) is 58.0 Å². The normalized spacial score (nSPS) is 15.1. The summed E-state index contributed by atoms with van der Waals surface area (Å²) in [5.74, 6) is -0.637. The minimum absolute atomic E-state index is 0.0761. The first-order chi connectivity index (χ1) is 14.4. The van der Waals surface area contributed by atoms with Gasteiger partial charge in [0, 0.05) is 5.56 Å². The second-order valence-electron chi connectivity index (χ2n) is 6.60. The topological polar surface area (TPSA) is 119 Å². The number of pyridine rings is 1. The molecular weight excluding hydrogens is 384 g/mol. The highest BCUT2D eigenvalue weighted by Gasteiger charge is 2.26. The third-order valence-corrected chi connectivity index (χ3v) is 4.74. The summed E-state index contributed by atoms with van der Waals surface area (Å²) in [7, 11) is 0. The van der Waals surface area contributed by atoms with Gasteiger partial charge in [-0.25, -0.2) is 9.58 Å². The summed E-state index contributed by atoms with van der Waals surface area (Å²) in [4.78, 5) is 25.0. The Morgan fingerprint density at radius 2 is 1.90 bits per heavy atom. The molecule has 1 aromatic carbocycles. The first-order valence-corrected chi connectivity index (χ1v) is 9.21. The SMILES string of the molecule is CC1=NN(CCO)C(=O)/C1=C\C=C\c1c(C)c(C#N)c(=O)n(-c2ccccc2)c1O. The van der Waals surface area contributed by atoms with Gasteiger partial charge in [0.25, 0.3) is 11.5 Å². The average molecular weight is 404 g/mol. The van der Waals surface area contributed by atoms with Crippen LogP contribution in [0.4, 0.5) is 0 Å². The lowest BCUT2D eigenvalue weighted by molar-refractivity contribution is -0.126. The second-order valence-corrected chi connectivity index (χ2v) is 6.60. The summed E-state index contributed by atoms with van der Waals surface area (Å²) >= 11 is 0. The molecule has 0 atom stereocenters. The number of rotatable bonds is 5. The standard InChI is InChI=1S/C22H20N4O4/c1-14-17(9-6-10-18-15(2)24-25(11-12-27)20(18)28)21(29)26(22(30)19(14)13-23)16-7-4-3-5-8-16/h3-10,27,29H,11-12H2,1-2H3/b9-6+,18-10-. The summed E-state index contributed by atoms with van der Waals surface area (Å²) in [6.07, 6.45) is 4.63. The van der Waals surface area contributed by atoms with Crippen molar-refractivity contribution in [3.05, 3.63) is 75.1 Å². The van der Waals surface area contributed by atoms with Crippen LogP contribution in [-0.2, 0) is 4.79 Å². The maximum Gasteiger partial charge on any atom is 0.276 e. The van der Waals surface area contributed by atoms with Crippen molar-refractivity contribution in [1.82, 2.24) is 9.58 Å². The molecule has 2 N–H and O–H groups in total. The average Bonchev–Trinajstić information content (AvgIpc) is 2.99. The van der Waals surface area contributed by atoms with E-state index in [2.05, 4.69) is 5.10 Å². The van der Waals surface area contributed by atoms with Crippen LogP contribution in [0.1, 0.15) is 23.6 Å². The summed E-state index contributed by atoms with van der Waals surface area (Å²) in [6, 6.07) is 10.4. The third-order valence-electron chi connectivity index (χ3n) is 4.74. The van der Waals surface area contributed by atoms with Crippen molar-refractivity contribution in [3.8, 4) is 17.6 Å². The molecule has 0 saturated carbocycles. The number of para-hydroxylation sites is 1. The first-order valence-electron chi connectivity index (χ1n) is 9.21. The number of aliphatic hydroxyl groups is 1. The smallest absolute Gasteiger partial charge is 0.276 e. The van der Waals surface area contributed by atoms with E-state index in [4.69, 9.17) is 5.11 Å². The van der Waals surface area contributed by atoms with E-state index in [0.29, 0.717) is 28.1 Å². The number of benzene rings is 1. The van der Waals surface area contributed by atoms with Crippen LogP contribution in [0, 0.1) is 18.3 Å². The monoisotopic (exact) mass is 404 g/mol. The molecule has 0 unspecified atom stereocenters. The van der Waals surface area contributed by atoms with Gasteiger partial charge >= 0.3 is 0 Å². The molecule has 1 aliphatic heterocycles. The van der Waals surface area contributed by atoms with E-state index in [1.54, 1.807) is 56.3 Å². The second kappa shape index (κ2) is 8.59. The van der Waals surface area contributed by atoms with Crippen LogP contribution in [0.2, 0.25) is 0 Å². The summed E-state index contributed by atoms with van der Waals surface area (Å²) < 4.78 is 1.08. The minimum atomic E-state index is -0.609. The molecule has 8 heteroatoms. The fourth-order valence-electron chi connectivity index (χ4n) is 3.19. The molecule has 0 fully saturated rings. The van der Waals surface area contributed by atoms with Crippen molar-refractivity contribution in [2.75, 3.05) is 13.2 Å². The van der Waals surface area contributed by atoms with Crippen molar-refractivity contribution in [2.45, 2.75) is 13.8 Å². The van der Waals surface area contributed by atoms with Crippen LogP contribution < -0.4 is 5.56 Å². The molecule has 0 aliphatic carbocycles. The molecule has 2 heterocycles. The Morgan fingerprint density at radius 1 is 1.20 bits per heavy atom. The number of aromatic hydroxyl groups is 1. The van der Waals surface area contributed by atoms with Crippen molar-refractivity contribution < 1.29 is 15.0 Å². The molecule has 30 heavy (non-hydrogen) atoms. The molecule has 0 bridgehead atoms. The summed E-state index contributed by atoms with van der Waals surface area (Å²) in [6.45, 7) is 3.17. The largest absolute Gasteiger partial charge is 0.494 e. The molecule has 1 aromatic heterocycles. The molecular formula is C22H20N4O4. The van der Waals surface area contributed by atoms with Crippen LogP contribution in [0.5, 0.6) is 5.88 Å². The van der Waals surface area contributed by atoms with Gasteiger partial charge in [0.1, 0.15) is 11.6 Å². The number of hydrazone groups is 1. The van der Waals surface area contributed by atoms with E-state index >= 15 is 0 Å². The van der Waals surface area contributed by atoms with Crippen LogP contribution in [-0.4, -0.2) is 44.6 Å². The Labute approximate surface area is 172 Å². The Balaban J connectivity index is 2.07. The molecule has 0 radical (unpaired) electrons. The number of hydrogen-bond acceptors (Lipinski definition) is 6. The lowest BCUT2D eigenvalue weighted by Crippen LogP contribution is -2.25. The third kappa shape index (κ3) is 3.66. The van der Waals surface area contributed by atoms with Crippen LogP contribution >= 0.6 is 0 Å². The van der Waals surface area contributed by atoms with Crippen LogP contribution in [0.3, 0.4) is 0 Å². The number of aromatic nitrogens is 1. The molecule has 152 valence electrons. The van der Waals surface area contributed by atoms with Crippen molar-refractivity contribution >= 4 is 17.7 Å². The van der Waals surface area contributed by atoms with E-state index in [1.807, 2.05) is 6.07 Å². The van der Waals surface area contributed by atoms with Gasteiger partial charge in [-0.1, -0.05) is 24.3 Å². The number of nitrogens with zero attached hydrogens (tertiary/aromatic N) is 4. The van der Waals surface area contributed by atoms with Gasteiger partial charge in [-0.2, -0.15) is 10.4 Å². The molecule has 2 aromatic rings. The van der Waals surface area contributed by atoms with Gasteiger partial charge in [0.2, 0.25) is 5.88 Å². The zero-order valence-electron chi connectivity index (χ0n) is 16.5. The first kappa shape index (κ1) is 20.8. The predicted octanol–water partition coefficient (Wildman–Crippen LogP) is 1.87. The number of nitriles is 1. The Bertz CT molecular complexity index is 1180. The van der Waals surface area contributed by atoms with Gasteiger partial charge < -0.3 is 10.2 Å². The van der Waals surface area contributed by atoms with Crippen molar-refractivity contribution in [2.24, 2.45) is 5.10 Å². The number of amides is 1. The lowest BCUT2D eigenvalue weighted by Gasteiger charge is -2.14. The highest BCUT2D eigenvalue weighted by molar-refractivity contribution is 6.24. The van der Waals surface area contributed by atoms with E-state index in [9.17, 15) is 20.0 Å². The van der Waals surface area contributed by atoms with E-state index in [0.717, 1.165) is 4.57 Å². The molecule has 8 nitrogen and oxygen atoms in total. The zero-order valence-corrected chi connectivity index (χ0v) is 16.5. The molecule has 1 aliphatic rings. The Morgan fingerprint density at radius 3 is 2.53 bits per heavy atom. The number of carbonyl (C=O) groups is 1. The Hall–Kier alpha value is -3.96. The van der Waals surface area contributed by atoms with Crippen molar-refractivity contribution in [3.63, 3.8) is 0 Å². The van der Waals surface area contributed by atoms with E-state index in [-0.39, 0.29) is 30.5 Å². The fourth-order valence-corrected chi connectivity index (χ4v) is 3.19. The molecule has 3 rings (SSSR count). The molecule has 1 amide bonds. The van der Waals surface area contributed by atoms with Gasteiger partial charge in [0.15, 0.2) is 0 Å². The summed E-state index contributed by atoms with van der Waals surface area (Å²) in [5.41, 5.74) is 1.24.